The molecule has 0 bridgehead atoms. The van der Waals surface area contributed by atoms with Gasteiger partial charge >= 0.3 is 11.9 Å². The van der Waals surface area contributed by atoms with Crippen molar-refractivity contribution in [1.29, 1.82) is 0 Å². The van der Waals surface area contributed by atoms with E-state index in [1.54, 1.807) is 18.2 Å². The van der Waals surface area contributed by atoms with E-state index < -0.39 is 11.9 Å². The molecule has 0 saturated carbocycles. The molecule has 7 nitrogen and oxygen atoms in total. The fourth-order valence-corrected chi connectivity index (χ4v) is 1.56. The number of aliphatic carboxylic acids is 2. The Kier molecular flexibility index (Phi) is 6.94. The lowest BCUT2D eigenvalue weighted by Crippen LogP contribution is -1.91. The monoisotopic (exact) mass is 341 g/mol. The van der Waals surface area contributed by atoms with E-state index in [4.69, 9.17) is 33.4 Å². The van der Waals surface area contributed by atoms with E-state index in [-0.39, 0.29) is 0 Å². The first kappa shape index (κ1) is 17.5. The Morgan fingerprint density at radius 1 is 1.00 bits per heavy atom. The molecule has 114 valence electrons. The van der Waals surface area contributed by atoms with Crippen LogP contribution in [0.2, 0.25) is 10.0 Å². The zero-order chi connectivity index (χ0) is 16.5. The summed E-state index contributed by atoms with van der Waals surface area (Å²) in [6.45, 7) is 0. The lowest BCUT2D eigenvalue weighted by atomic mass is 10.2. The molecule has 0 unspecified atom stereocenters. The largest absolute Gasteiger partial charge is 0.478 e. The second kappa shape index (κ2) is 8.71. The molecule has 0 fully saturated rings. The lowest BCUT2D eigenvalue weighted by molar-refractivity contribution is -0.134. The van der Waals surface area contributed by atoms with Gasteiger partial charge in [-0.15, -0.1) is 0 Å². The summed E-state index contributed by atoms with van der Waals surface area (Å²) in [4.78, 5) is 30.8. The molecule has 0 radical (unpaired) electrons. The number of halogens is 2. The fraction of sp³-hybridized carbons (Fsp3) is 0. The molecule has 2 N–H and O–H groups in total. The Bertz CT molecular complexity index is 677. The van der Waals surface area contributed by atoms with E-state index in [1.807, 2.05) is 0 Å². The summed E-state index contributed by atoms with van der Waals surface area (Å²) in [5, 5.41) is 16.8. The first-order chi connectivity index (χ1) is 10.4. The summed E-state index contributed by atoms with van der Waals surface area (Å²) < 4.78 is 0. The van der Waals surface area contributed by atoms with E-state index in [2.05, 4.69) is 15.0 Å². The molecule has 22 heavy (non-hydrogen) atoms. The van der Waals surface area contributed by atoms with Gasteiger partial charge < -0.3 is 10.2 Å². The number of aromatic nitrogens is 3. The van der Waals surface area contributed by atoms with Crippen molar-refractivity contribution in [3.63, 3.8) is 0 Å². The highest BCUT2D eigenvalue weighted by molar-refractivity contribution is 6.35. The normalized spacial score (nSPS) is 9.91. The highest BCUT2D eigenvalue weighted by Crippen LogP contribution is 2.27. The molecule has 1 heterocycles. The SMILES string of the molecule is Clc1ccc(Cl)c(-c2ncncn2)c1.O=C(O)/C=C\C(=O)O. The van der Waals surface area contributed by atoms with Gasteiger partial charge in [0.15, 0.2) is 5.82 Å². The molecule has 0 aliphatic rings. The topological polar surface area (TPSA) is 113 Å². The Morgan fingerprint density at radius 3 is 2.05 bits per heavy atom. The van der Waals surface area contributed by atoms with Crippen LogP contribution in [0.4, 0.5) is 0 Å². The lowest BCUT2D eigenvalue weighted by Gasteiger charge is -2.01. The molecule has 0 aliphatic carbocycles. The maximum atomic E-state index is 9.55. The summed E-state index contributed by atoms with van der Waals surface area (Å²) in [7, 11) is 0. The Balaban J connectivity index is 0.000000261. The van der Waals surface area contributed by atoms with Crippen LogP contribution in [0.5, 0.6) is 0 Å². The van der Waals surface area contributed by atoms with E-state index in [0.717, 1.165) is 0 Å². The molecule has 0 amide bonds. The maximum Gasteiger partial charge on any atom is 0.328 e. The van der Waals surface area contributed by atoms with Crippen LogP contribution in [0.25, 0.3) is 11.4 Å². The van der Waals surface area contributed by atoms with Crippen molar-refractivity contribution in [1.82, 2.24) is 15.0 Å². The molecule has 1 aromatic carbocycles. The van der Waals surface area contributed by atoms with Gasteiger partial charge in [0.2, 0.25) is 0 Å². The predicted octanol–water partition coefficient (Wildman–Crippen LogP) is 2.56. The third kappa shape index (κ3) is 6.29. The number of hydrogen-bond acceptors (Lipinski definition) is 5. The minimum Gasteiger partial charge on any atom is -0.478 e. The molecular weight excluding hydrogens is 333 g/mol. The standard InChI is InChI=1S/C9H5Cl2N3.C4H4O4/c10-6-1-2-8(11)7(3-6)9-13-4-12-5-14-9;5-3(6)1-2-4(7)8/h1-5H;1-2H,(H,5,6)(H,7,8)/b;2-1-. The molecule has 2 aromatic rings. The number of nitrogens with zero attached hydrogens (tertiary/aromatic N) is 3. The van der Waals surface area contributed by atoms with E-state index in [0.29, 0.717) is 33.6 Å². The smallest absolute Gasteiger partial charge is 0.328 e. The predicted molar refractivity (Wildman–Crippen MR) is 79.7 cm³/mol. The molecule has 2 rings (SSSR count). The van der Waals surface area contributed by atoms with Crippen LogP contribution in [0, 0.1) is 0 Å². The average Bonchev–Trinajstić information content (AvgIpc) is 2.49. The van der Waals surface area contributed by atoms with Crippen LogP contribution in [0.1, 0.15) is 0 Å². The highest BCUT2D eigenvalue weighted by Gasteiger charge is 2.06. The highest BCUT2D eigenvalue weighted by atomic mass is 35.5. The number of benzene rings is 1. The van der Waals surface area contributed by atoms with Gasteiger partial charge in [0.25, 0.3) is 0 Å². The fourth-order valence-electron chi connectivity index (χ4n) is 1.19. The molecule has 0 spiro atoms. The second-order valence-electron chi connectivity index (χ2n) is 3.60. The van der Waals surface area contributed by atoms with Crippen molar-refractivity contribution in [2.75, 3.05) is 0 Å². The van der Waals surface area contributed by atoms with Gasteiger partial charge in [-0.05, 0) is 18.2 Å². The van der Waals surface area contributed by atoms with Crippen LogP contribution < -0.4 is 0 Å². The molecule has 0 aliphatic heterocycles. The molecular formula is C13H9Cl2N3O4. The zero-order valence-corrected chi connectivity index (χ0v) is 12.4. The average molecular weight is 342 g/mol. The number of carboxylic acids is 2. The maximum absolute atomic E-state index is 9.55. The van der Waals surface area contributed by atoms with Gasteiger partial charge in [-0.25, -0.2) is 24.5 Å². The van der Waals surface area contributed by atoms with Gasteiger partial charge in [0, 0.05) is 22.7 Å². The van der Waals surface area contributed by atoms with Crippen LogP contribution in [0.3, 0.4) is 0 Å². The van der Waals surface area contributed by atoms with Gasteiger partial charge in [0.1, 0.15) is 12.7 Å². The molecule has 0 saturated heterocycles. The minimum absolute atomic E-state index is 0.521. The van der Waals surface area contributed by atoms with Crippen LogP contribution in [0.15, 0.2) is 43.0 Å². The Morgan fingerprint density at radius 2 is 1.55 bits per heavy atom. The van der Waals surface area contributed by atoms with Gasteiger partial charge in [-0.2, -0.15) is 0 Å². The summed E-state index contributed by atoms with van der Waals surface area (Å²) in [5.74, 6) is -1.99. The van der Waals surface area contributed by atoms with E-state index in [9.17, 15) is 9.59 Å². The minimum atomic E-state index is -1.26. The van der Waals surface area contributed by atoms with Crippen molar-refractivity contribution >= 4 is 35.1 Å². The third-order valence-electron chi connectivity index (χ3n) is 2.03. The van der Waals surface area contributed by atoms with E-state index >= 15 is 0 Å². The van der Waals surface area contributed by atoms with Crippen LogP contribution in [-0.2, 0) is 9.59 Å². The zero-order valence-electron chi connectivity index (χ0n) is 10.8. The Labute approximate surface area is 134 Å². The number of carboxylic acid groups (broad SMARTS) is 2. The number of hydrogen-bond donors (Lipinski definition) is 2. The van der Waals surface area contributed by atoms with Crippen LogP contribution in [-0.4, -0.2) is 37.1 Å². The quantitative estimate of drug-likeness (QED) is 0.824. The number of rotatable bonds is 3. The second-order valence-corrected chi connectivity index (χ2v) is 4.44. The van der Waals surface area contributed by atoms with Crippen molar-refractivity contribution in [2.24, 2.45) is 0 Å². The van der Waals surface area contributed by atoms with Gasteiger partial charge in [0.05, 0.1) is 5.02 Å². The first-order valence-electron chi connectivity index (χ1n) is 5.61. The third-order valence-corrected chi connectivity index (χ3v) is 2.60. The van der Waals surface area contributed by atoms with Crippen LogP contribution >= 0.6 is 23.2 Å². The summed E-state index contributed by atoms with van der Waals surface area (Å²) >= 11 is 11.8. The first-order valence-corrected chi connectivity index (χ1v) is 6.37. The molecule has 9 heteroatoms. The summed E-state index contributed by atoms with van der Waals surface area (Å²) in [6, 6.07) is 5.15. The Hall–Kier alpha value is -2.51. The van der Waals surface area contributed by atoms with Gasteiger partial charge in [-0.3, -0.25) is 0 Å². The number of carbonyl (C=O) groups is 2. The summed E-state index contributed by atoms with van der Waals surface area (Å²) in [6.07, 6.45) is 3.95. The van der Waals surface area contributed by atoms with Gasteiger partial charge in [-0.1, -0.05) is 23.2 Å². The van der Waals surface area contributed by atoms with E-state index in [1.165, 1.54) is 12.7 Å². The van der Waals surface area contributed by atoms with Crippen molar-refractivity contribution in [3.8, 4) is 11.4 Å². The summed E-state index contributed by atoms with van der Waals surface area (Å²) in [5.41, 5.74) is 0.710. The van der Waals surface area contributed by atoms with Crippen molar-refractivity contribution < 1.29 is 19.8 Å². The van der Waals surface area contributed by atoms with Crippen molar-refractivity contribution in [2.45, 2.75) is 0 Å². The molecule has 0 atom stereocenters. The van der Waals surface area contributed by atoms with Crippen molar-refractivity contribution in [3.05, 3.63) is 53.1 Å². The molecule has 1 aromatic heterocycles.